The molecule has 0 saturated carbocycles. The van der Waals surface area contributed by atoms with Gasteiger partial charge in [0.05, 0.1) is 10.5 Å². The molecule has 9 nitrogen and oxygen atoms in total. The third kappa shape index (κ3) is 4.51. The Morgan fingerprint density at radius 1 is 1.11 bits per heavy atom. The Bertz CT molecular complexity index is 1460. The van der Waals surface area contributed by atoms with E-state index >= 15 is 0 Å². The van der Waals surface area contributed by atoms with Crippen molar-refractivity contribution in [3.8, 4) is 5.75 Å². The summed E-state index contributed by atoms with van der Waals surface area (Å²) in [4.78, 5) is 44.6. The molecule has 1 aliphatic carbocycles. The lowest BCUT2D eigenvalue weighted by molar-refractivity contribution is -0.384. The maximum atomic E-state index is 13.4. The molecule has 0 saturated heterocycles. The zero-order chi connectivity index (χ0) is 25.6. The number of aromatic nitrogens is 2. The van der Waals surface area contributed by atoms with Gasteiger partial charge < -0.3 is 15.4 Å². The molecule has 0 bridgehead atoms. The Balaban J connectivity index is 1.52. The van der Waals surface area contributed by atoms with Crippen LogP contribution in [-0.2, 0) is 10.5 Å². The van der Waals surface area contributed by atoms with Crippen LogP contribution in [0.5, 0.6) is 5.75 Å². The van der Waals surface area contributed by atoms with Crippen LogP contribution in [0.15, 0.2) is 69.8 Å². The highest BCUT2D eigenvalue weighted by molar-refractivity contribution is 7.98. The number of anilines is 1. The fourth-order valence-electron chi connectivity index (χ4n) is 4.83. The fraction of sp³-hybridized carbons (Fsp3) is 0.269. The molecule has 1 atom stereocenters. The molecule has 0 spiro atoms. The van der Waals surface area contributed by atoms with Crippen molar-refractivity contribution < 1.29 is 14.8 Å². The van der Waals surface area contributed by atoms with Gasteiger partial charge in [0, 0.05) is 41.5 Å². The number of nitrogens with one attached hydrogen (secondary N) is 2. The highest BCUT2D eigenvalue weighted by Gasteiger charge is 2.42. The molecule has 0 amide bonds. The van der Waals surface area contributed by atoms with Crippen LogP contribution in [0, 0.1) is 15.5 Å². The standard InChI is InChI=1S/C26H24N4O5S/c1-26(2)11-18-21(19(32)12-26)20(15-5-9-17(31)10-6-15)22-23(27-18)28-25(29-24(22)33)36-13-14-3-7-16(8-4-14)30(34)35/h3-10,20,31H,11-13H2,1-2H3,(H2,27,28,29,33)/t20-/m0/s1. The van der Waals surface area contributed by atoms with Gasteiger partial charge in [-0.15, -0.1) is 0 Å². The predicted octanol–water partition coefficient (Wildman–Crippen LogP) is 4.88. The van der Waals surface area contributed by atoms with Crippen molar-refractivity contribution in [1.82, 2.24) is 9.97 Å². The van der Waals surface area contributed by atoms with Crippen molar-refractivity contribution in [2.24, 2.45) is 5.41 Å². The van der Waals surface area contributed by atoms with E-state index in [1.165, 1.54) is 23.9 Å². The van der Waals surface area contributed by atoms with E-state index in [1.807, 2.05) is 13.8 Å². The van der Waals surface area contributed by atoms with Gasteiger partial charge in [0.1, 0.15) is 11.6 Å². The second kappa shape index (κ2) is 8.94. The summed E-state index contributed by atoms with van der Waals surface area (Å²) in [5, 5.41) is 24.3. The summed E-state index contributed by atoms with van der Waals surface area (Å²) in [5.41, 5.74) is 2.74. The SMILES string of the molecule is CC1(C)CC(=O)C2=C(C1)Nc1nc(SCc3ccc([N+](=O)[O-])cc3)[nH]c(=O)c1[C@H]2c1ccc(O)cc1. The molecule has 5 rings (SSSR count). The van der Waals surface area contributed by atoms with E-state index in [1.54, 1.807) is 36.4 Å². The van der Waals surface area contributed by atoms with Gasteiger partial charge in [-0.2, -0.15) is 0 Å². The van der Waals surface area contributed by atoms with Gasteiger partial charge in [0.25, 0.3) is 11.2 Å². The number of Topliss-reactive ketones (excluding diaryl/α,β-unsaturated/α-hetero) is 1. The number of aromatic hydroxyl groups is 1. The molecule has 3 aromatic rings. The van der Waals surface area contributed by atoms with Crippen molar-refractivity contribution in [2.75, 3.05) is 5.32 Å². The number of hydrogen-bond acceptors (Lipinski definition) is 8. The molecule has 0 unspecified atom stereocenters. The van der Waals surface area contributed by atoms with Crippen molar-refractivity contribution in [3.05, 3.63) is 97.0 Å². The first-order valence-electron chi connectivity index (χ1n) is 11.4. The third-order valence-electron chi connectivity index (χ3n) is 6.45. The number of hydrogen-bond donors (Lipinski definition) is 3. The van der Waals surface area contributed by atoms with Gasteiger partial charge in [0.15, 0.2) is 10.9 Å². The fourth-order valence-corrected chi connectivity index (χ4v) is 5.64. The molecule has 0 radical (unpaired) electrons. The average Bonchev–Trinajstić information content (AvgIpc) is 2.81. The van der Waals surface area contributed by atoms with Crippen molar-refractivity contribution in [3.63, 3.8) is 0 Å². The normalized spacial score (nSPS) is 18.3. The van der Waals surface area contributed by atoms with Crippen LogP contribution >= 0.6 is 11.8 Å². The van der Waals surface area contributed by atoms with Gasteiger partial charge in [-0.3, -0.25) is 19.7 Å². The van der Waals surface area contributed by atoms with E-state index in [0.717, 1.165) is 16.8 Å². The summed E-state index contributed by atoms with van der Waals surface area (Å²) in [6, 6.07) is 12.8. The molecule has 1 aliphatic heterocycles. The van der Waals surface area contributed by atoms with Crippen LogP contribution < -0.4 is 10.9 Å². The number of carbonyl (C=O) groups is 1. The van der Waals surface area contributed by atoms with Crippen LogP contribution in [0.25, 0.3) is 0 Å². The minimum Gasteiger partial charge on any atom is -0.508 e. The van der Waals surface area contributed by atoms with Gasteiger partial charge in [0.2, 0.25) is 0 Å². The number of nitrogens with zero attached hydrogens (tertiary/aromatic N) is 2. The lowest BCUT2D eigenvalue weighted by Gasteiger charge is -2.38. The number of aromatic amines is 1. The van der Waals surface area contributed by atoms with Gasteiger partial charge >= 0.3 is 0 Å². The van der Waals surface area contributed by atoms with Crippen LogP contribution in [0.3, 0.4) is 0 Å². The van der Waals surface area contributed by atoms with E-state index in [4.69, 9.17) is 0 Å². The molecular weight excluding hydrogens is 480 g/mol. The van der Waals surface area contributed by atoms with Gasteiger partial charge in [-0.1, -0.05) is 49.9 Å². The summed E-state index contributed by atoms with van der Waals surface area (Å²) in [7, 11) is 0. The Morgan fingerprint density at radius 2 is 1.81 bits per heavy atom. The first-order valence-corrected chi connectivity index (χ1v) is 12.4. The number of phenolic OH excluding ortho intramolecular Hbond substituents is 1. The average molecular weight is 505 g/mol. The summed E-state index contributed by atoms with van der Waals surface area (Å²) in [6.07, 6.45) is 1.02. The predicted molar refractivity (Wildman–Crippen MR) is 136 cm³/mol. The zero-order valence-electron chi connectivity index (χ0n) is 19.7. The molecule has 1 aromatic heterocycles. The third-order valence-corrected chi connectivity index (χ3v) is 7.39. The maximum Gasteiger partial charge on any atom is 0.269 e. The number of non-ortho nitro benzene ring substituents is 1. The quantitative estimate of drug-likeness (QED) is 0.193. The second-order valence-corrected chi connectivity index (χ2v) is 10.8. The molecule has 36 heavy (non-hydrogen) atoms. The summed E-state index contributed by atoms with van der Waals surface area (Å²) < 4.78 is 0. The molecule has 2 aliphatic rings. The monoisotopic (exact) mass is 504 g/mol. The lowest BCUT2D eigenvalue weighted by atomic mass is 9.69. The molecular formula is C26H24N4O5S. The molecule has 3 N–H and O–H groups in total. The maximum absolute atomic E-state index is 13.4. The van der Waals surface area contributed by atoms with Crippen LogP contribution in [-0.4, -0.2) is 25.8 Å². The highest BCUT2D eigenvalue weighted by atomic mass is 32.2. The van der Waals surface area contributed by atoms with Gasteiger partial charge in [-0.05, 0) is 35.1 Å². The number of carbonyl (C=O) groups excluding carboxylic acids is 1. The summed E-state index contributed by atoms with van der Waals surface area (Å²) >= 11 is 1.31. The smallest absolute Gasteiger partial charge is 0.269 e. The number of allylic oxidation sites excluding steroid dienone is 2. The van der Waals surface area contributed by atoms with Crippen LogP contribution in [0.1, 0.15) is 49.3 Å². The molecule has 10 heteroatoms. The number of ketones is 1. The number of H-pyrrole nitrogens is 1. The highest BCUT2D eigenvalue weighted by Crippen LogP contribution is 2.47. The van der Waals surface area contributed by atoms with E-state index in [0.29, 0.717) is 40.7 Å². The number of thioether (sulfide) groups is 1. The van der Waals surface area contributed by atoms with Crippen molar-refractivity contribution in [2.45, 2.75) is 43.5 Å². The molecule has 2 heterocycles. The zero-order valence-corrected chi connectivity index (χ0v) is 20.5. The first-order chi connectivity index (χ1) is 17.1. The summed E-state index contributed by atoms with van der Waals surface area (Å²) in [6.45, 7) is 4.08. The van der Waals surface area contributed by atoms with Crippen molar-refractivity contribution in [1.29, 1.82) is 0 Å². The number of benzene rings is 2. The minimum absolute atomic E-state index is 0.00602. The summed E-state index contributed by atoms with van der Waals surface area (Å²) in [5.74, 6) is 0.370. The van der Waals surface area contributed by atoms with Crippen molar-refractivity contribution >= 4 is 29.1 Å². The van der Waals surface area contributed by atoms with E-state index in [9.17, 15) is 24.8 Å². The Hall–Kier alpha value is -3.92. The van der Waals surface area contributed by atoms with Crippen LogP contribution in [0.4, 0.5) is 11.5 Å². The van der Waals surface area contributed by atoms with Gasteiger partial charge in [-0.25, -0.2) is 4.98 Å². The molecule has 184 valence electrons. The number of nitro benzene ring substituents is 1. The topological polar surface area (TPSA) is 138 Å². The largest absolute Gasteiger partial charge is 0.508 e. The minimum atomic E-state index is -0.592. The van der Waals surface area contributed by atoms with Crippen LogP contribution in [0.2, 0.25) is 0 Å². The number of rotatable bonds is 5. The van der Waals surface area contributed by atoms with E-state index in [-0.39, 0.29) is 28.2 Å². The number of fused-ring (bicyclic) bond motifs is 1. The Morgan fingerprint density at radius 3 is 2.47 bits per heavy atom. The Labute approximate surface area is 210 Å². The molecule has 0 fully saturated rings. The second-order valence-electron chi connectivity index (χ2n) is 9.83. The number of phenols is 1. The first kappa shape index (κ1) is 23.8. The van der Waals surface area contributed by atoms with E-state index in [2.05, 4.69) is 15.3 Å². The Kier molecular flexibility index (Phi) is 5.91. The number of nitro groups is 1. The lowest BCUT2D eigenvalue weighted by Crippen LogP contribution is -2.37. The molecule has 2 aromatic carbocycles. The van der Waals surface area contributed by atoms with E-state index < -0.39 is 10.8 Å².